The molecule has 0 aliphatic heterocycles. The molecule has 3 N–H and O–H groups in total. The van der Waals surface area contributed by atoms with Gasteiger partial charge in [0.1, 0.15) is 0 Å². The second-order valence-corrected chi connectivity index (χ2v) is 6.33. The lowest BCUT2D eigenvalue weighted by atomic mass is 10.0. The van der Waals surface area contributed by atoms with Gasteiger partial charge in [0.05, 0.1) is 12.2 Å². The summed E-state index contributed by atoms with van der Waals surface area (Å²) in [6, 6.07) is 7.46. The van der Waals surface area contributed by atoms with E-state index in [9.17, 15) is 14.4 Å². The fourth-order valence-electron chi connectivity index (χ4n) is 2.45. The van der Waals surface area contributed by atoms with Crippen molar-refractivity contribution in [2.45, 2.75) is 45.7 Å². The van der Waals surface area contributed by atoms with Crippen molar-refractivity contribution in [2.75, 3.05) is 6.54 Å². The molecule has 0 aromatic heterocycles. The van der Waals surface area contributed by atoms with Crippen LogP contribution in [0.25, 0.3) is 0 Å². The largest absolute Gasteiger partial charge is 0.370 e. The van der Waals surface area contributed by atoms with E-state index in [1.54, 1.807) is 18.2 Å². The zero-order valence-electron chi connectivity index (χ0n) is 15.7. The third-order valence-corrected chi connectivity index (χ3v) is 3.97. The minimum atomic E-state index is -0.286. The number of nitrogens with one attached hydrogen (secondary N) is 3. The number of rotatable bonds is 8. The Labute approximate surface area is 159 Å². The molecule has 0 radical (unpaired) electrons. The smallest absolute Gasteiger partial charge is 0.296 e. The lowest BCUT2D eigenvalue weighted by molar-refractivity contribution is -0.118. The number of benzene rings is 1. The number of ketones is 1. The van der Waals surface area contributed by atoms with Crippen LogP contribution in [-0.4, -0.2) is 30.2 Å². The normalized spacial score (nSPS) is 13.2. The van der Waals surface area contributed by atoms with Gasteiger partial charge in [0.2, 0.25) is 0 Å². The zero-order chi connectivity index (χ0) is 19.6. The van der Waals surface area contributed by atoms with Crippen LogP contribution in [0.3, 0.4) is 0 Å². The van der Waals surface area contributed by atoms with Crippen molar-refractivity contribution in [3.63, 3.8) is 0 Å². The Morgan fingerprint density at radius 3 is 2.59 bits per heavy atom. The lowest BCUT2D eigenvalue weighted by Crippen LogP contribution is -2.32. The van der Waals surface area contributed by atoms with E-state index in [4.69, 9.17) is 0 Å². The molecule has 0 saturated heterocycles. The lowest BCUT2D eigenvalue weighted by Gasteiger charge is -2.11. The highest BCUT2D eigenvalue weighted by molar-refractivity contribution is 5.96. The number of carbonyl (C=O) groups excluding carboxylic acids is 3. The Balaban J connectivity index is 1.87. The molecule has 6 heteroatoms. The summed E-state index contributed by atoms with van der Waals surface area (Å²) in [5.74, 6) is 4.63. The van der Waals surface area contributed by atoms with Crippen molar-refractivity contribution in [1.82, 2.24) is 16.0 Å². The Morgan fingerprint density at radius 1 is 1.19 bits per heavy atom. The molecule has 27 heavy (non-hydrogen) atoms. The molecule has 0 spiro atoms. The van der Waals surface area contributed by atoms with Gasteiger partial charge >= 0.3 is 0 Å². The van der Waals surface area contributed by atoms with Crippen molar-refractivity contribution in [2.24, 2.45) is 0 Å². The quantitative estimate of drug-likeness (QED) is 0.371. The van der Waals surface area contributed by atoms with E-state index < -0.39 is 0 Å². The van der Waals surface area contributed by atoms with Gasteiger partial charge in [-0.2, -0.15) is 0 Å². The molecule has 1 aromatic rings. The van der Waals surface area contributed by atoms with E-state index in [1.807, 2.05) is 19.1 Å². The molecule has 0 bridgehead atoms. The summed E-state index contributed by atoms with van der Waals surface area (Å²) < 4.78 is 0. The molecule has 1 fully saturated rings. The van der Waals surface area contributed by atoms with Gasteiger partial charge in [0.15, 0.2) is 5.78 Å². The van der Waals surface area contributed by atoms with E-state index in [-0.39, 0.29) is 36.7 Å². The molecule has 0 heterocycles. The molecule has 1 aliphatic carbocycles. The van der Waals surface area contributed by atoms with Gasteiger partial charge in [0, 0.05) is 18.2 Å². The van der Waals surface area contributed by atoms with Gasteiger partial charge in [-0.3, -0.25) is 14.4 Å². The van der Waals surface area contributed by atoms with Crippen LogP contribution in [-0.2, 0) is 16.1 Å². The first-order valence-corrected chi connectivity index (χ1v) is 9.11. The predicted molar refractivity (Wildman–Crippen MR) is 104 cm³/mol. The van der Waals surface area contributed by atoms with Crippen molar-refractivity contribution in [3.05, 3.63) is 47.2 Å². The number of hydrogen-bond donors (Lipinski definition) is 3. The summed E-state index contributed by atoms with van der Waals surface area (Å²) in [4.78, 5) is 35.6. The number of allylic oxidation sites excluding steroid dienone is 1. The minimum Gasteiger partial charge on any atom is -0.370 e. The van der Waals surface area contributed by atoms with Crippen LogP contribution in [0.5, 0.6) is 0 Å². The van der Waals surface area contributed by atoms with Crippen LogP contribution in [0.1, 0.15) is 49.0 Å². The first-order valence-electron chi connectivity index (χ1n) is 9.11. The van der Waals surface area contributed by atoms with Crippen LogP contribution in [0.4, 0.5) is 0 Å². The molecule has 6 nitrogen and oxygen atoms in total. The van der Waals surface area contributed by atoms with E-state index >= 15 is 0 Å². The highest BCUT2D eigenvalue weighted by Crippen LogP contribution is 2.18. The van der Waals surface area contributed by atoms with Crippen LogP contribution >= 0.6 is 0 Å². The van der Waals surface area contributed by atoms with Gasteiger partial charge in [0.25, 0.3) is 11.8 Å². The molecule has 142 valence electrons. The minimum absolute atomic E-state index is 0.0398. The molecule has 1 saturated carbocycles. The van der Waals surface area contributed by atoms with E-state index in [2.05, 4.69) is 27.8 Å². The average Bonchev–Trinajstić information content (AvgIpc) is 3.46. The van der Waals surface area contributed by atoms with Gasteiger partial charge in [-0.05, 0) is 37.7 Å². The fraction of sp³-hybridized carbons (Fsp3) is 0.381. The predicted octanol–water partition coefficient (Wildman–Crippen LogP) is 1.67. The molecule has 1 aliphatic rings. The summed E-state index contributed by atoms with van der Waals surface area (Å²) >= 11 is 0. The van der Waals surface area contributed by atoms with E-state index in [1.165, 1.54) is 6.92 Å². The zero-order valence-corrected chi connectivity index (χ0v) is 15.7. The maximum Gasteiger partial charge on any atom is 0.296 e. The Hall–Kier alpha value is -3.07. The van der Waals surface area contributed by atoms with E-state index in [0.717, 1.165) is 18.4 Å². The summed E-state index contributed by atoms with van der Waals surface area (Å²) in [7, 11) is 0. The van der Waals surface area contributed by atoms with Gasteiger partial charge < -0.3 is 16.0 Å². The topological polar surface area (TPSA) is 87.3 Å². The van der Waals surface area contributed by atoms with Crippen molar-refractivity contribution >= 4 is 17.6 Å². The summed E-state index contributed by atoms with van der Waals surface area (Å²) in [5, 5.41) is 8.54. The maximum atomic E-state index is 12.4. The third-order valence-electron chi connectivity index (χ3n) is 3.97. The molecular weight excluding hydrogens is 342 g/mol. The Morgan fingerprint density at radius 2 is 1.93 bits per heavy atom. The average molecular weight is 367 g/mol. The van der Waals surface area contributed by atoms with Crippen molar-refractivity contribution in [1.29, 1.82) is 0 Å². The van der Waals surface area contributed by atoms with Gasteiger partial charge in [-0.25, -0.2) is 0 Å². The van der Waals surface area contributed by atoms with E-state index in [0.29, 0.717) is 17.7 Å². The van der Waals surface area contributed by atoms with Gasteiger partial charge in [-0.15, -0.1) is 0 Å². The second-order valence-electron chi connectivity index (χ2n) is 6.33. The standard InChI is InChI=1S/C21H25N3O3/c1-3-7-19(22-13-6-10-20(26)24-17-11-12-17)21(27)23-14-16-8-4-5-9-18(16)15(2)25/h4-5,7-9,17,22H,3,11-14H2,1-2H3,(H,23,27)(H,24,26). The number of Topliss-reactive ketones (excluding diaryl/α,β-unsaturated/α-hetero) is 1. The molecular formula is C21H25N3O3. The van der Waals surface area contributed by atoms with Crippen molar-refractivity contribution in [3.8, 4) is 11.8 Å². The van der Waals surface area contributed by atoms with Gasteiger partial charge in [-0.1, -0.05) is 43.2 Å². The van der Waals surface area contributed by atoms with Crippen molar-refractivity contribution < 1.29 is 14.4 Å². The van der Waals surface area contributed by atoms with Crippen LogP contribution in [0.15, 0.2) is 36.0 Å². The van der Waals surface area contributed by atoms with Crippen LogP contribution in [0.2, 0.25) is 0 Å². The first-order chi connectivity index (χ1) is 13.0. The molecule has 2 rings (SSSR count). The SMILES string of the molecule is CCC=C(NCC#CC(=O)NC1CC1)C(=O)NCc1ccccc1C(C)=O. The number of carbonyl (C=O) groups is 3. The number of amides is 2. The highest BCUT2D eigenvalue weighted by Gasteiger charge is 2.22. The Bertz CT molecular complexity index is 798. The Kier molecular flexibility index (Phi) is 7.63. The highest BCUT2D eigenvalue weighted by atomic mass is 16.2. The summed E-state index contributed by atoms with van der Waals surface area (Å²) in [5.41, 5.74) is 1.76. The monoisotopic (exact) mass is 367 g/mol. The maximum absolute atomic E-state index is 12.4. The molecule has 0 unspecified atom stereocenters. The van der Waals surface area contributed by atoms with Crippen LogP contribution < -0.4 is 16.0 Å². The molecule has 1 aromatic carbocycles. The van der Waals surface area contributed by atoms with Crippen LogP contribution in [0, 0.1) is 11.8 Å². The molecule has 2 amide bonds. The summed E-state index contributed by atoms with van der Waals surface area (Å²) in [6.45, 7) is 3.88. The second kappa shape index (κ2) is 10.2. The fourth-order valence-corrected chi connectivity index (χ4v) is 2.45. The molecule has 0 atom stereocenters. The summed E-state index contributed by atoms with van der Waals surface area (Å²) in [6.07, 6.45) is 4.47. The number of hydrogen-bond acceptors (Lipinski definition) is 4. The first kappa shape index (κ1) is 20.2. The third kappa shape index (κ3) is 6.98.